The van der Waals surface area contributed by atoms with Crippen LogP contribution in [0.1, 0.15) is 34.1 Å². The predicted octanol–water partition coefficient (Wildman–Crippen LogP) is 6.97. The fraction of sp³-hybridized carbons (Fsp3) is 0.156. The number of hydrogen-bond acceptors (Lipinski definition) is 4. The molecule has 0 unspecified atom stereocenters. The van der Waals surface area contributed by atoms with E-state index in [1.165, 1.54) is 6.08 Å². The predicted molar refractivity (Wildman–Crippen MR) is 155 cm³/mol. The van der Waals surface area contributed by atoms with Gasteiger partial charge in [-0.05, 0) is 37.1 Å². The van der Waals surface area contributed by atoms with Crippen LogP contribution >= 0.6 is 11.6 Å². The van der Waals surface area contributed by atoms with Crippen molar-refractivity contribution in [2.24, 2.45) is 0 Å². The van der Waals surface area contributed by atoms with Gasteiger partial charge in [0.2, 0.25) is 5.78 Å². The van der Waals surface area contributed by atoms with Crippen LogP contribution in [-0.2, 0) is 22.6 Å². The van der Waals surface area contributed by atoms with Gasteiger partial charge in [-0.25, -0.2) is 9.48 Å². The molecule has 2 aromatic heterocycles. The van der Waals surface area contributed by atoms with Crippen molar-refractivity contribution in [2.75, 3.05) is 6.61 Å². The summed E-state index contributed by atoms with van der Waals surface area (Å²) in [6.07, 6.45) is 2.86. The molecule has 0 bridgehead atoms. The molecular formula is C32H28ClN3O3. The largest absolute Gasteiger partial charge is 0.454 e. The first-order valence-corrected chi connectivity index (χ1v) is 13.2. The molecule has 2 heterocycles. The van der Waals surface area contributed by atoms with E-state index in [1.807, 2.05) is 98.8 Å². The van der Waals surface area contributed by atoms with Gasteiger partial charge in [-0.1, -0.05) is 90.5 Å². The van der Waals surface area contributed by atoms with E-state index in [4.69, 9.17) is 16.3 Å². The van der Waals surface area contributed by atoms with Crippen molar-refractivity contribution < 1.29 is 14.3 Å². The van der Waals surface area contributed by atoms with Crippen molar-refractivity contribution in [1.29, 1.82) is 0 Å². The van der Waals surface area contributed by atoms with Gasteiger partial charge in [-0.15, -0.1) is 0 Å². The van der Waals surface area contributed by atoms with Crippen LogP contribution in [0, 0.1) is 6.92 Å². The van der Waals surface area contributed by atoms with Gasteiger partial charge in [0.15, 0.2) is 6.61 Å². The highest BCUT2D eigenvalue weighted by molar-refractivity contribution is 6.31. The Balaban J connectivity index is 1.34. The molecule has 0 N–H and O–H groups in total. The van der Waals surface area contributed by atoms with Gasteiger partial charge in [0.25, 0.3) is 0 Å². The quantitative estimate of drug-likeness (QED) is 0.116. The van der Waals surface area contributed by atoms with Crippen LogP contribution in [-0.4, -0.2) is 32.7 Å². The fourth-order valence-corrected chi connectivity index (χ4v) is 5.13. The first-order chi connectivity index (χ1) is 19.0. The molecule has 196 valence electrons. The van der Waals surface area contributed by atoms with E-state index in [-0.39, 0.29) is 12.4 Å². The van der Waals surface area contributed by atoms with Crippen LogP contribution < -0.4 is 0 Å². The Labute approximate surface area is 232 Å². The number of Topliss-reactive ketones (excluding diaryl/α,β-unsaturated/α-hetero) is 1. The van der Waals surface area contributed by atoms with Crippen LogP contribution in [0.2, 0.25) is 5.15 Å². The standard InChI is InChI=1S/C32H28ClN3O3/c1-3-35-27-17-11-10-16-26(27)30(31(35)24-14-8-5-9-15-24)28(37)21-39-29(38)19-18-25-22(2)34-36(32(25)33)20-23-12-6-4-7-13-23/h4-19H,3,20-21H2,1-2H3. The third-order valence-corrected chi connectivity index (χ3v) is 7.03. The molecule has 7 heteroatoms. The number of carbonyl (C=O) groups is 2. The molecule has 0 amide bonds. The van der Waals surface area contributed by atoms with E-state index in [9.17, 15) is 9.59 Å². The smallest absolute Gasteiger partial charge is 0.331 e. The highest BCUT2D eigenvalue weighted by Gasteiger charge is 2.23. The van der Waals surface area contributed by atoms with Crippen molar-refractivity contribution in [3.05, 3.63) is 119 Å². The second-order valence-electron chi connectivity index (χ2n) is 9.15. The van der Waals surface area contributed by atoms with Crippen molar-refractivity contribution in [2.45, 2.75) is 26.9 Å². The van der Waals surface area contributed by atoms with E-state index in [0.717, 1.165) is 27.7 Å². The molecule has 0 saturated heterocycles. The van der Waals surface area contributed by atoms with E-state index < -0.39 is 5.97 Å². The lowest BCUT2D eigenvalue weighted by Gasteiger charge is -2.10. The summed E-state index contributed by atoms with van der Waals surface area (Å²) < 4.78 is 9.20. The minimum Gasteiger partial charge on any atom is -0.454 e. The third kappa shape index (κ3) is 5.42. The number of nitrogens with zero attached hydrogens (tertiary/aromatic N) is 3. The van der Waals surface area contributed by atoms with Gasteiger partial charge in [0.1, 0.15) is 5.15 Å². The average molecular weight is 538 g/mol. The number of hydrogen-bond donors (Lipinski definition) is 0. The molecule has 0 aliphatic carbocycles. The molecule has 39 heavy (non-hydrogen) atoms. The van der Waals surface area contributed by atoms with E-state index in [1.54, 1.807) is 10.8 Å². The summed E-state index contributed by atoms with van der Waals surface area (Å²) in [6.45, 7) is 4.71. The molecule has 0 radical (unpaired) electrons. The monoisotopic (exact) mass is 537 g/mol. The number of benzene rings is 3. The zero-order chi connectivity index (χ0) is 27.4. The number of carbonyl (C=O) groups excluding carboxylic acids is 2. The fourth-order valence-electron chi connectivity index (χ4n) is 4.84. The lowest BCUT2D eigenvalue weighted by atomic mass is 10.0. The zero-order valence-corrected chi connectivity index (χ0v) is 22.6. The first-order valence-electron chi connectivity index (χ1n) is 12.8. The number of rotatable bonds is 9. The van der Waals surface area contributed by atoms with Crippen LogP contribution in [0.15, 0.2) is 91.0 Å². The van der Waals surface area contributed by atoms with E-state index in [0.29, 0.717) is 35.1 Å². The molecule has 5 rings (SSSR count). The highest BCUT2D eigenvalue weighted by Crippen LogP contribution is 2.34. The van der Waals surface area contributed by atoms with Gasteiger partial charge >= 0.3 is 5.97 Å². The van der Waals surface area contributed by atoms with Crippen molar-refractivity contribution in [1.82, 2.24) is 14.3 Å². The Morgan fingerprint density at radius 1 is 0.949 bits per heavy atom. The summed E-state index contributed by atoms with van der Waals surface area (Å²) in [5, 5.41) is 5.76. The summed E-state index contributed by atoms with van der Waals surface area (Å²) >= 11 is 6.56. The van der Waals surface area contributed by atoms with Gasteiger partial charge in [-0.3, -0.25) is 4.79 Å². The second kappa shape index (κ2) is 11.5. The third-order valence-electron chi connectivity index (χ3n) is 6.63. The normalized spacial score (nSPS) is 11.4. The van der Waals surface area contributed by atoms with Crippen LogP contribution in [0.3, 0.4) is 0 Å². The summed E-state index contributed by atoms with van der Waals surface area (Å²) in [4.78, 5) is 26.1. The Hall–Kier alpha value is -4.42. The molecule has 5 aromatic rings. The number of fused-ring (bicyclic) bond motifs is 1. The molecule has 0 atom stereocenters. The van der Waals surface area contributed by atoms with Crippen LogP contribution in [0.25, 0.3) is 28.2 Å². The lowest BCUT2D eigenvalue weighted by molar-refractivity contribution is -0.136. The SMILES string of the molecule is CCn1c(-c2ccccc2)c(C(=O)COC(=O)C=Cc2c(C)nn(Cc3ccccc3)c2Cl)c2ccccc21. The van der Waals surface area contributed by atoms with Gasteiger partial charge < -0.3 is 9.30 Å². The Morgan fingerprint density at radius 2 is 1.62 bits per heavy atom. The number of ether oxygens (including phenoxy) is 1. The Bertz CT molecular complexity index is 1670. The van der Waals surface area contributed by atoms with Crippen molar-refractivity contribution in [3.8, 4) is 11.3 Å². The number of aryl methyl sites for hydroxylation is 2. The molecule has 0 aliphatic rings. The zero-order valence-electron chi connectivity index (χ0n) is 21.8. The number of aromatic nitrogens is 3. The minimum absolute atomic E-state index is 0.260. The van der Waals surface area contributed by atoms with Crippen molar-refractivity contribution in [3.63, 3.8) is 0 Å². The minimum atomic E-state index is -0.630. The second-order valence-corrected chi connectivity index (χ2v) is 9.51. The molecular weight excluding hydrogens is 510 g/mol. The first kappa shape index (κ1) is 26.2. The van der Waals surface area contributed by atoms with Crippen molar-refractivity contribution >= 4 is 40.3 Å². The molecule has 6 nitrogen and oxygen atoms in total. The van der Waals surface area contributed by atoms with Gasteiger partial charge in [-0.2, -0.15) is 5.10 Å². The summed E-state index contributed by atoms with van der Waals surface area (Å²) in [5.41, 5.74) is 5.66. The number of esters is 1. The summed E-state index contributed by atoms with van der Waals surface area (Å²) in [5.74, 6) is -0.890. The molecule has 0 spiro atoms. The topological polar surface area (TPSA) is 66.1 Å². The summed E-state index contributed by atoms with van der Waals surface area (Å²) in [6, 6.07) is 27.5. The highest BCUT2D eigenvalue weighted by atomic mass is 35.5. The molecule has 3 aromatic carbocycles. The van der Waals surface area contributed by atoms with Gasteiger partial charge in [0, 0.05) is 29.1 Å². The molecule has 0 aliphatic heterocycles. The van der Waals surface area contributed by atoms with E-state index >= 15 is 0 Å². The average Bonchev–Trinajstić information content (AvgIpc) is 3.44. The number of para-hydroxylation sites is 1. The molecule has 0 fully saturated rings. The van der Waals surface area contributed by atoms with Gasteiger partial charge in [0.05, 0.1) is 23.5 Å². The Kier molecular flexibility index (Phi) is 7.75. The Morgan fingerprint density at radius 3 is 2.33 bits per heavy atom. The maximum absolute atomic E-state index is 13.5. The number of halogens is 1. The lowest BCUT2D eigenvalue weighted by Crippen LogP contribution is -2.13. The summed E-state index contributed by atoms with van der Waals surface area (Å²) in [7, 11) is 0. The molecule has 0 saturated carbocycles. The maximum atomic E-state index is 13.5. The maximum Gasteiger partial charge on any atom is 0.331 e. The van der Waals surface area contributed by atoms with Crippen LogP contribution in [0.5, 0.6) is 0 Å². The van der Waals surface area contributed by atoms with E-state index in [2.05, 4.69) is 9.67 Å². The van der Waals surface area contributed by atoms with Crippen LogP contribution in [0.4, 0.5) is 0 Å². The number of ketones is 1.